The highest BCUT2D eigenvalue weighted by atomic mass is 35.5. The average Bonchev–Trinajstić information content (AvgIpc) is 2.76. The van der Waals surface area contributed by atoms with Crippen molar-refractivity contribution in [2.75, 3.05) is 24.5 Å². The Balaban J connectivity index is 1.66. The summed E-state index contributed by atoms with van der Waals surface area (Å²) in [6, 6.07) is 5.77. The van der Waals surface area contributed by atoms with Crippen LogP contribution in [0, 0.1) is 11.7 Å². The molecule has 6 nitrogen and oxygen atoms in total. The average molecular weight is 449 g/mol. The molecule has 2 aromatic rings. The molecule has 1 saturated heterocycles. The summed E-state index contributed by atoms with van der Waals surface area (Å²) in [5, 5.41) is 0.175. The largest absolute Gasteiger partial charge is 0.437 e. The fraction of sp³-hybridized carbons (Fsp3) is 0.522. The lowest BCUT2D eigenvalue weighted by atomic mass is 9.96. The smallest absolute Gasteiger partial charge is 0.226 e. The summed E-state index contributed by atoms with van der Waals surface area (Å²) in [5.74, 6) is 1.32. The van der Waals surface area contributed by atoms with Gasteiger partial charge in [0.15, 0.2) is 0 Å². The fourth-order valence-corrected chi connectivity index (χ4v) is 4.12. The van der Waals surface area contributed by atoms with Crippen molar-refractivity contribution < 1.29 is 13.9 Å². The van der Waals surface area contributed by atoms with Crippen molar-refractivity contribution in [3.63, 3.8) is 0 Å². The van der Waals surface area contributed by atoms with Crippen LogP contribution in [0.15, 0.2) is 30.6 Å². The molecule has 2 atom stereocenters. The van der Waals surface area contributed by atoms with E-state index in [0.717, 1.165) is 31.5 Å². The lowest BCUT2D eigenvalue weighted by molar-refractivity contribution is -0.138. The van der Waals surface area contributed by atoms with Crippen LogP contribution in [0.4, 0.5) is 10.2 Å². The first-order valence-electron chi connectivity index (χ1n) is 10.9. The van der Waals surface area contributed by atoms with Gasteiger partial charge in [-0.3, -0.25) is 4.79 Å². The number of ether oxygens (including phenoxy) is 1. The van der Waals surface area contributed by atoms with Gasteiger partial charge in [0, 0.05) is 37.7 Å². The zero-order valence-corrected chi connectivity index (χ0v) is 19.1. The second-order valence-corrected chi connectivity index (χ2v) is 8.37. The molecule has 2 heterocycles. The Morgan fingerprint density at radius 3 is 2.77 bits per heavy atom. The number of piperazine rings is 1. The highest BCUT2D eigenvalue weighted by Crippen LogP contribution is 2.30. The molecule has 3 rings (SSSR count). The van der Waals surface area contributed by atoms with Crippen molar-refractivity contribution in [3.05, 3.63) is 41.4 Å². The molecule has 1 aliphatic heterocycles. The Morgan fingerprint density at radius 1 is 1.29 bits per heavy atom. The van der Waals surface area contributed by atoms with Crippen molar-refractivity contribution in [2.24, 2.45) is 5.92 Å². The summed E-state index contributed by atoms with van der Waals surface area (Å²) in [6.07, 6.45) is 5.46. The predicted molar refractivity (Wildman–Crippen MR) is 120 cm³/mol. The lowest BCUT2D eigenvalue weighted by Crippen LogP contribution is -2.55. The molecule has 8 heteroatoms. The third-order valence-corrected chi connectivity index (χ3v) is 6.01. The van der Waals surface area contributed by atoms with E-state index in [2.05, 4.69) is 35.6 Å². The van der Waals surface area contributed by atoms with Crippen LogP contribution in [0.1, 0.15) is 46.5 Å². The van der Waals surface area contributed by atoms with E-state index in [4.69, 9.17) is 16.3 Å². The second-order valence-electron chi connectivity index (χ2n) is 7.97. The third kappa shape index (κ3) is 5.85. The molecule has 0 radical (unpaired) electrons. The number of unbranched alkanes of at least 4 members (excludes halogenated alkanes) is 1. The van der Waals surface area contributed by atoms with Gasteiger partial charge in [-0.1, -0.05) is 38.3 Å². The predicted octanol–water partition coefficient (Wildman–Crippen LogP) is 5.31. The lowest BCUT2D eigenvalue weighted by Gasteiger charge is -2.41. The zero-order chi connectivity index (χ0) is 22.4. The van der Waals surface area contributed by atoms with Crippen molar-refractivity contribution >= 4 is 23.3 Å². The molecule has 0 spiro atoms. The number of rotatable bonds is 8. The summed E-state index contributed by atoms with van der Waals surface area (Å²) in [6.45, 7) is 8.36. The molecule has 0 aliphatic carbocycles. The molecule has 1 aromatic heterocycles. The molecular formula is C23H30ClFN4O2. The molecule has 2 unspecified atom stereocenters. The van der Waals surface area contributed by atoms with Crippen LogP contribution in [0.5, 0.6) is 11.6 Å². The summed E-state index contributed by atoms with van der Waals surface area (Å²) in [4.78, 5) is 25.7. The van der Waals surface area contributed by atoms with E-state index < -0.39 is 5.82 Å². The summed E-state index contributed by atoms with van der Waals surface area (Å²) in [5.41, 5.74) is 0. The molecule has 0 bridgehead atoms. The highest BCUT2D eigenvalue weighted by Gasteiger charge is 2.31. The normalized spacial score (nSPS) is 17.5. The maximum absolute atomic E-state index is 13.3. The van der Waals surface area contributed by atoms with Gasteiger partial charge in [-0.15, -0.1) is 0 Å². The van der Waals surface area contributed by atoms with Crippen LogP contribution in [0.2, 0.25) is 5.02 Å². The van der Waals surface area contributed by atoms with Crippen molar-refractivity contribution in [1.82, 2.24) is 14.9 Å². The number of amides is 1. The van der Waals surface area contributed by atoms with E-state index in [1.807, 2.05) is 4.90 Å². The third-order valence-electron chi connectivity index (χ3n) is 5.72. The molecule has 0 saturated carbocycles. The Morgan fingerprint density at radius 2 is 2.10 bits per heavy atom. The molecule has 0 N–H and O–H groups in total. The first-order chi connectivity index (χ1) is 14.9. The number of carbonyl (C=O) groups is 1. The second kappa shape index (κ2) is 10.8. The van der Waals surface area contributed by atoms with Crippen molar-refractivity contribution in [2.45, 2.75) is 52.5 Å². The molecular weight excluding hydrogens is 419 g/mol. The van der Waals surface area contributed by atoms with Crippen LogP contribution in [-0.2, 0) is 4.79 Å². The number of carbonyl (C=O) groups excluding carboxylic acids is 1. The van der Waals surface area contributed by atoms with Crippen LogP contribution < -0.4 is 9.64 Å². The number of anilines is 1. The first-order valence-corrected chi connectivity index (χ1v) is 11.3. The molecule has 1 fully saturated rings. The number of hydrogen-bond donors (Lipinski definition) is 0. The summed E-state index contributed by atoms with van der Waals surface area (Å²) in [7, 11) is 0. The minimum absolute atomic E-state index is 0.0859. The van der Waals surface area contributed by atoms with Crippen LogP contribution >= 0.6 is 11.6 Å². The Bertz CT molecular complexity index is 898. The van der Waals surface area contributed by atoms with E-state index in [0.29, 0.717) is 31.3 Å². The molecule has 1 amide bonds. The molecule has 31 heavy (non-hydrogen) atoms. The van der Waals surface area contributed by atoms with E-state index in [1.54, 1.807) is 6.07 Å². The van der Waals surface area contributed by atoms with Crippen molar-refractivity contribution in [3.8, 4) is 11.6 Å². The Kier molecular flexibility index (Phi) is 8.07. The number of benzene rings is 1. The van der Waals surface area contributed by atoms with E-state index in [9.17, 15) is 9.18 Å². The fourth-order valence-electron chi connectivity index (χ4n) is 3.91. The summed E-state index contributed by atoms with van der Waals surface area (Å²) < 4.78 is 19.0. The monoisotopic (exact) mass is 448 g/mol. The molecule has 1 aliphatic rings. The van der Waals surface area contributed by atoms with Gasteiger partial charge in [0.1, 0.15) is 23.7 Å². The number of hydrogen-bond acceptors (Lipinski definition) is 5. The maximum Gasteiger partial charge on any atom is 0.226 e. The van der Waals surface area contributed by atoms with Crippen LogP contribution in [0.25, 0.3) is 0 Å². The number of halogens is 2. The Labute approximate surface area is 188 Å². The highest BCUT2D eigenvalue weighted by molar-refractivity contribution is 6.32. The van der Waals surface area contributed by atoms with Crippen molar-refractivity contribution in [1.29, 1.82) is 0 Å². The van der Waals surface area contributed by atoms with Crippen LogP contribution in [-0.4, -0.2) is 46.5 Å². The zero-order valence-electron chi connectivity index (χ0n) is 18.4. The quantitative estimate of drug-likeness (QED) is 0.547. The minimum atomic E-state index is -0.429. The Hall–Kier alpha value is -2.41. The number of nitrogens with zero attached hydrogens (tertiary/aromatic N) is 4. The van der Waals surface area contributed by atoms with Gasteiger partial charge in [0.25, 0.3) is 0 Å². The van der Waals surface area contributed by atoms with E-state index in [-0.39, 0.29) is 22.9 Å². The van der Waals surface area contributed by atoms with Gasteiger partial charge < -0.3 is 14.5 Å². The van der Waals surface area contributed by atoms with Gasteiger partial charge in [0.2, 0.25) is 11.8 Å². The van der Waals surface area contributed by atoms with E-state index in [1.165, 1.54) is 24.5 Å². The van der Waals surface area contributed by atoms with Gasteiger partial charge >= 0.3 is 0 Å². The number of aromatic nitrogens is 2. The first kappa shape index (κ1) is 23.3. The SMILES string of the molecule is CCCCC(CC)C(=O)N1CCN(c2cc(Oc3ccc(F)cc3Cl)ncn2)CC1C. The van der Waals surface area contributed by atoms with Gasteiger partial charge in [-0.25, -0.2) is 14.4 Å². The standard InChI is InChI=1S/C23H30ClFN4O2/c1-4-6-7-17(5-2)23(30)29-11-10-28(14-16(29)3)21-13-22(27-15-26-21)31-20-9-8-18(25)12-19(20)24/h8-9,12-13,15-17H,4-7,10-11,14H2,1-3H3. The van der Waals surface area contributed by atoms with Gasteiger partial charge in [0.05, 0.1) is 5.02 Å². The van der Waals surface area contributed by atoms with Crippen LogP contribution in [0.3, 0.4) is 0 Å². The van der Waals surface area contributed by atoms with Gasteiger partial charge in [-0.2, -0.15) is 0 Å². The topological polar surface area (TPSA) is 58.6 Å². The molecule has 1 aromatic carbocycles. The maximum atomic E-state index is 13.3. The minimum Gasteiger partial charge on any atom is -0.437 e. The van der Waals surface area contributed by atoms with Gasteiger partial charge in [-0.05, 0) is 38.0 Å². The van der Waals surface area contributed by atoms with E-state index >= 15 is 0 Å². The summed E-state index contributed by atoms with van der Waals surface area (Å²) >= 11 is 6.05. The molecule has 168 valence electrons.